The van der Waals surface area contributed by atoms with E-state index in [0.29, 0.717) is 27.3 Å². The Labute approximate surface area is 161 Å². The zero-order valence-electron chi connectivity index (χ0n) is 14.6. The normalized spacial score (nSPS) is 13.9. The van der Waals surface area contributed by atoms with E-state index in [2.05, 4.69) is 0 Å². The molecule has 0 unspecified atom stereocenters. The highest BCUT2D eigenvalue weighted by Gasteiger charge is 2.22. The number of hydrogen-bond donors (Lipinski definition) is 0. The van der Waals surface area contributed by atoms with Crippen LogP contribution in [0.2, 0.25) is 5.02 Å². The van der Waals surface area contributed by atoms with Crippen molar-refractivity contribution in [2.75, 3.05) is 19.7 Å². The van der Waals surface area contributed by atoms with Crippen LogP contribution in [0, 0.1) is 0 Å². The van der Waals surface area contributed by atoms with Crippen LogP contribution in [0.5, 0.6) is 5.75 Å². The van der Waals surface area contributed by atoms with E-state index in [9.17, 15) is 9.59 Å². The molecule has 2 aromatic carbocycles. The van der Waals surface area contributed by atoms with Crippen molar-refractivity contribution in [1.29, 1.82) is 0 Å². The summed E-state index contributed by atoms with van der Waals surface area (Å²) < 4.78 is 11.7. The summed E-state index contributed by atoms with van der Waals surface area (Å²) in [5.41, 5.74) is 0.781. The van der Waals surface area contributed by atoms with Gasteiger partial charge in [0.2, 0.25) is 11.2 Å². The summed E-state index contributed by atoms with van der Waals surface area (Å²) >= 11 is 6.03. The summed E-state index contributed by atoms with van der Waals surface area (Å²) in [7, 11) is 0. The summed E-state index contributed by atoms with van der Waals surface area (Å²) in [6, 6.07) is 14.1. The SMILES string of the molecule is O=C(COc1c(-c2ccccc2)oc2ccc(Cl)cc2c1=O)N1CCCC1. The molecule has 4 rings (SSSR count). The smallest absolute Gasteiger partial charge is 0.260 e. The molecule has 0 spiro atoms. The van der Waals surface area contributed by atoms with E-state index >= 15 is 0 Å². The Bertz CT molecular complexity index is 1040. The van der Waals surface area contributed by atoms with Crippen molar-refractivity contribution in [2.45, 2.75) is 12.8 Å². The van der Waals surface area contributed by atoms with Gasteiger partial charge in [-0.1, -0.05) is 41.9 Å². The lowest BCUT2D eigenvalue weighted by Crippen LogP contribution is -2.32. The Kier molecular flexibility index (Phi) is 4.86. The first-order chi connectivity index (χ1) is 13.1. The Balaban J connectivity index is 1.77. The first-order valence-electron chi connectivity index (χ1n) is 8.86. The molecule has 0 atom stereocenters. The molecule has 0 aliphatic carbocycles. The molecule has 1 amide bonds. The second-order valence-corrected chi connectivity index (χ2v) is 6.91. The van der Waals surface area contributed by atoms with Crippen LogP contribution in [0.3, 0.4) is 0 Å². The molecule has 27 heavy (non-hydrogen) atoms. The fourth-order valence-corrected chi connectivity index (χ4v) is 3.42. The van der Waals surface area contributed by atoms with E-state index < -0.39 is 0 Å². The van der Waals surface area contributed by atoms with Gasteiger partial charge < -0.3 is 14.1 Å². The lowest BCUT2D eigenvalue weighted by atomic mass is 10.1. The number of carbonyl (C=O) groups is 1. The molecule has 2 heterocycles. The van der Waals surface area contributed by atoms with Gasteiger partial charge in [-0.15, -0.1) is 0 Å². The van der Waals surface area contributed by atoms with Gasteiger partial charge in [0.25, 0.3) is 5.91 Å². The van der Waals surface area contributed by atoms with Crippen molar-refractivity contribution >= 4 is 28.5 Å². The van der Waals surface area contributed by atoms with E-state index in [1.54, 1.807) is 23.1 Å². The van der Waals surface area contributed by atoms with E-state index in [4.69, 9.17) is 20.8 Å². The Morgan fingerprint density at radius 1 is 1.11 bits per heavy atom. The fourth-order valence-electron chi connectivity index (χ4n) is 3.25. The summed E-state index contributed by atoms with van der Waals surface area (Å²) in [5.74, 6) is 0.213. The number of ether oxygens (including phenoxy) is 1. The van der Waals surface area contributed by atoms with Gasteiger partial charge in [-0.3, -0.25) is 9.59 Å². The highest BCUT2D eigenvalue weighted by Crippen LogP contribution is 2.31. The van der Waals surface area contributed by atoms with Crippen molar-refractivity contribution < 1.29 is 13.9 Å². The standard InChI is InChI=1S/C21H18ClNO4/c22-15-8-9-17-16(12-15)19(25)21(20(27-17)14-6-2-1-3-7-14)26-13-18(24)23-10-4-5-11-23/h1-3,6-9,12H,4-5,10-11,13H2. The molecule has 0 bridgehead atoms. The number of benzene rings is 2. The van der Waals surface area contributed by atoms with Crippen LogP contribution >= 0.6 is 11.6 Å². The van der Waals surface area contributed by atoms with Crippen LogP contribution in [-0.4, -0.2) is 30.5 Å². The highest BCUT2D eigenvalue weighted by molar-refractivity contribution is 6.31. The third kappa shape index (κ3) is 3.55. The van der Waals surface area contributed by atoms with Gasteiger partial charge >= 0.3 is 0 Å². The fraction of sp³-hybridized carbons (Fsp3) is 0.238. The molecule has 1 saturated heterocycles. The molecule has 0 saturated carbocycles. The molecule has 3 aromatic rings. The number of carbonyl (C=O) groups excluding carboxylic acids is 1. The minimum absolute atomic E-state index is 0.0310. The summed E-state index contributed by atoms with van der Waals surface area (Å²) in [6.07, 6.45) is 2.00. The molecule has 1 fully saturated rings. The zero-order chi connectivity index (χ0) is 18.8. The maximum Gasteiger partial charge on any atom is 0.260 e. The highest BCUT2D eigenvalue weighted by atomic mass is 35.5. The molecule has 1 aliphatic rings. The van der Waals surface area contributed by atoms with Gasteiger partial charge in [0.15, 0.2) is 12.4 Å². The van der Waals surface area contributed by atoms with Crippen LogP contribution in [0.25, 0.3) is 22.3 Å². The van der Waals surface area contributed by atoms with Gasteiger partial charge in [-0.25, -0.2) is 0 Å². The molecular formula is C21H18ClNO4. The quantitative estimate of drug-likeness (QED) is 0.680. The number of rotatable bonds is 4. The Morgan fingerprint density at radius 3 is 2.59 bits per heavy atom. The van der Waals surface area contributed by atoms with Crippen LogP contribution < -0.4 is 10.2 Å². The van der Waals surface area contributed by atoms with Crippen molar-refractivity contribution in [3.63, 3.8) is 0 Å². The van der Waals surface area contributed by atoms with E-state index in [1.807, 2.05) is 30.3 Å². The van der Waals surface area contributed by atoms with E-state index in [-0.39, 0.29) is 23.7 Å². The van der Waals surface area contributed by atoms with Crippen molar-refractivity contribution in [2.24, 2.45) is 0 Å². The van der Waals surface area contributed by atoms with Gasteiger partial charge in [0.1, 0.15) is 5.58 Å². The van der Waals surface area contributed by atoms with Crippen molar-refractivity contribution in [3.8, 4) is 17.1 Å². The van der Waals surface area contributed by atoms with E-state index in [0.717, 1.165) is 25.9 Å². The monoisotopic (exact) mass is 383 g/mol. The van der Waals surface area contributed by atoms with Gasteiger partial charge in [0, 0.05) is 23.7 Å². The summed E-state index contributed by atoms with van der Waals surface area (Å²) in [4.78, 5) is 27.1. The molecule has 0 radical (unpaired) electrons. The molecule has 0 N–H and O–H groups in total. The van der Waals surface area contributed by atoms with Gasteiger partial charge in [-0.05, 0) is 31.0 Å². The number of likely N-dealkylation sites (tertiary alicyclic amines) is 1. The third-order valence-corrected chi connectivity index (χ3v) is 4.88. The maximum absolute atomic E-state index is 13.0. The topological polar surface area (TPSA) is 59.8 Å². The van der Waals surface area contributed by atoms with Crippen LogP contribution in [0.1, 0.15) is 12.8 Å². The maximum atomic E-state index is 13.0. The van der Waals surface area contributed by atoms with Gasteiger partial charge in [-0.2, -0.15) is 0 Å². The average Bonchev–Trinajstić information content (AvgIpc) is 3.23. The molecule has 1 aromatic heterocycles. The first kappa shape index (κ1) is 17.6. The zero-order valence-corrected chi connectivity index (χ0v) is 15.4. The Hall–Kier alpha value is -2.79. The largest absolute Gasteiger partial charge is 0.476 e. The number of halogens is 1. The number of nitrogens with zero attached hydrogens (tertiary/aromatic N) is 1. The lowest BCUT2D eigenvalue weighted by molar-refractivity contribution is -0.132. The predicted octanol–water partition coefficient (Wildman–Crippen LogP) is 4.11. The molecule has 1 aliphatic heterocycles. The van der Waals surface area contributed by atoms with Gasteiger partial charge in [0.05, 0.1) is 5.39 Å². The van der Waals surface area contributed by atoms with Crippen molar-refractivity contribution in [1.82, 2.24) is 4.90 Å². The van der Waals surface area contributed by atoms with Crippen LogP contribution in [0.15, 0.2) is 57.7 Å². The van der Waals surface area contributed by atoms with Crippen molar-refractivity contribution in [3.05, 3.63) is 63.8 Å². The summed E-state index contributed by atoms with van der Waals surface area (Å²) in [5, 5.41) is 0.757. The number of fused-ring (bicyclic) bond motifs is 1. The second kappa shape index (κ2) is 7.45. The minimum atomic E-state index is -0.341. The molecule has 6 heteroatoms. The predicted molar refractivity (Wildman–Crippen MR) is 104 cm³/mol. The minimum Gasteiger partial charge on any atom is -0.476 e. The number of hydrogen-bond acceptors (Lipinski definition) is 4. The molecule has 138 valence electrons. The second-order valence-electron chi connectivity index (χ2n) is 6.47. The lowest BCUT2D eigenvalue weighted by Gasteiger charge is -2.16. The average molecular weight is 384 g/mol. The van der Waals surface area contributed by atoms with E-state index in [1.165, 1.54) is 0 Å². The summed E-state index contributed by atoms with van der Waals surface area (Å²) in [6.45, 7) is 1.27. The number of amides is 1. The third-order valence-electron chi connectivity index (χ3n) is 4.65. The molecular weight excluding hydrogens is 366 g/mol. The van der Waals surface area contributed by atoms with Crippen LogP contribution in [0.4, 0.5) is 0 Å². The first-order valence-corrected chi connectivity index (χ1v) is 9.23. The Morgan fingerprint density at radius 2 is 1.85 bits per heavy atom. The molecule has 5 nitrogen and oxygen atoms in total. The van der Waals surface area contributed by atoms with Crippen LogP contribution in [-0.2, 0) is 4.79 Å².